The Balaban J connectivity index is 1.98. The first-order chi connectivity index (χ1) is 17.7. The molecule has 3 aromatic rings. The van der Waals surface area contributed by atoms with Crippen LogP contribution in [0.3, 0.4) is 0 Å². The van der Waals surface area contributed by atoms with E-state index in [1.54, 1.807) is 33.8 Å². The van der Waals surface area contributed by atoms with E-state index in [2.05, 4.69) is 5.32 Å². The molecule has 9 nitrogen and oxygen atoms in total. The molecule has 1 aliphatic carbocycles. The number of anilines is 1. The van der Waals surface area contributed by atoms with E-state index in [4.69, 9.17) is 9.15 Å². The molecular weight excluding hydrogens is 513 g/mol. The lowest BCUT2D eigenvalue weighted by molar-refractivity contribution is 0.0271. The van der Waals surface area contributed by atoms with Gasteiger partial charge < -0.3 is 14.5 Å². The van der Waals surface area contributed by atoms with Crippen molar-refractivity contribution in [2.24, 2.45) is 0 Å². The number of nitrogens with one attached hydrogen (secondary N) is 1. The molecule has 0 aliphatic heterocycles. The van der Waals surface area contributed by atoms with Crippen LogP contribution in [-0.4, -0.2) is 50.9 Å². The number of rotatable bonds is 7. The lowest BCUT2D eigenvalue weighted by atomic mass is 10.0. The van der Waals surface area contributed by atoms with E-state index in [1.165, 1.54) is 37.4 Å². The van der Waals surface area contributed by atoms with E-state index >= 15 is 0 Å². The maximum absolute atomic E-state index is 13.6. The molecule has 2 amide bonds. The van der Waals surface area contributed by atoms with Gasteiger partial charge in [-0.05, 0) is 82.3 Å². The summed E-state index contributed by atoms with van der Waals surface area (Å²) in [6.07, 6.45) is 1.85. The van der Waals surface area contributed by atoms with Crippen molar-refractivity contribution >= 4 is 38.7 Å². The quantitative estimate of drug-likeness (QED) is 0.398. The van der Waals surface area contributed by atoms with Gasteiger partial charge in [0.15, 0.2) is 0 Å². The molecule has 0 bridgehead atoms. The van der Waals surface area contributed by atoms with Crippen LogP contribution in [0.1, 0.15) is 62.4 Å². The fourth-order valence-electron chi connectivity index (χ4n) is 4.32. The zero-order valence-corrected chi connectivity index (χ0v) is 23.1. The smallest absolute Gasteiger partial charge is 0.430 e. The summed E-state index contributed by atoms with van der Waals surface area (Å²) in [5.74, 6) is -0.571. The maximum Gasteiger partial charge on any atom is 0.430 e. The van der Waals surface area contributed by atoms with Gasteiger partial charge in [-0.25, -0.2) is 22.6 Å². The third-order valence-electron chi connectivity index (χ3n) is 6.06. The molecule has 0 saturated heterocycles. The minimum Gasteiger partial charge on any atom is -0.455 e. The number of halogens is 1. The highest BCUT2D eigenvalue weighted by Gasteiger charge is 2.37. The van der Waals surface area contributed by atoms with Crippen molar-refractivity contribution in [2.75, 3.05) is 24.3 Å². The number of amides is 2. The molecule has 204 valence electrons. The molecule has 0 radical (unpaired) electrons. The van der Waals surface area contributed by atoms with Gasteiger partial charge in [-0.3, -0.25) is 4.79 Å². The second kappa shape index (κ2) is 9.94. The lowest BCUT2D eigenvalue weighted by Gasteiger charge is -2.35. The van der Waals surface area contributed by atoms with Gasteiger partial charge in [0.25, 0.3) is 5.91 Å². The highest BCUT2D eigenvalue weighted by atomic mass is 32.2. The van der Waals surface area contributed by atoms with Crippen LogP contribution in [0, 0.1) is 5.82 Å². The van der Waals surface area contributed by atoms with E-state index < -0.39 is 33.4 Å². The molecule has 0 unspecified atom stereocenters. The summed E-state index contributed by atoms with van der Waals surface area (Å²) in [7, 11) is -2.52. The van der Waals surface area contributed by atoms with Crippen LogP contribution in [-0.2, 0) is 14.8 Å². The number of hydrogen-bond acceptors (Lipinski definition) is 6. The number of nitrogens with zero attached hydrogens (tertiary/aromatic N) is 2. The Morgan fingerprint density at radius 2 is 1.79 bits per heavy atom. The summed E-state index contributed by atoms with van der Waals surface area (Å²) in [5.41, 5.74) is 1.06. The molecule has 1 aromatic heterocycles. The van der Waals surface area contributed by atoms with Crippen molar-refractivity contribution in [2.45, 2.75) is 52.1 Å². The van der Waals surface area contributed by atoms with Crippen molar-refractivity contribution in [3.8, 4) is 11.3 Å². The highest BCUT2D eigenvalue weighted by Crippen LogP contribution is 2.48. The third kappa shape index (κ3) is 5.47. The predicted molar refractivity (Wildman–Crippen MR) is 143 cm³/mol. The topological polar surface area (TPSA) is 109 Å². The van der Waals surface area contributed by atoms with Gasteiger partial charge in [0.05, 0.1) is 17.5 Å². The molecule has 2 aromatic carbocycles. The number of ether oxygens (including phenoxy) is 1. The number of furan rings is 1. The lowest BCUT2D eigenvalue weighted by Crippen LogP contribution is -2.51. The van der Waals surface area contributed by atoms with E-state index in [0.29, 0.717) is 16.5 Å². The molecule has 11 heteroatoms. The summed E-state index contributed by atoms with van der Waals surface area (Å²) in [6.45, 7) is 6.77. The average Bonchev–Trinajstić information content (AvgIpc) is 3.60. The molecule has 38 heavy (non-hydrogen) atoms. The number of carbonyl (C=O) groups is 2. The first kappa shape index (κ1) is 27.4. The second-order valence-electron chi connectivity index (χ2n) is 10.3. The standard InChI is InChI=1S/C27H32FN3O6S/c1-7-30(26(33)37-27(2,3)4)31(38(6,34)35)21-15-22-20(14-19(21)16-8-9-16)23(25(32)29-5)24(36-22)17-10-12-18(28)13-11-17/h10-16H,7-9H2,1-6H3,(H,29,32). The van der Waals surface area contributed by atoms with E-state index in [9.17, 15) is 22.4 Å². The van der Waals surface area contributed by atoms with Crippen LogP contribution < -0.4 is 9.73 Å². The zero-order chi connectivity index (χ0) is 28.0. The summed E-state index contributed by atoms with van der Waals surface area (Å²) >= 11 is 0. The Morgan fingerprint density at radius 1 is 1.16 bits per heavy atom. The molecule has 4 rings (SSSR count). The number of hydrogen-bond donors (Lipinski definition) is 1. The Hall–Kier alpha value is -3.60. The fourth-order valence-corrected chi connectivity index (χ4v) is 5.38. The maximum atomic E-state index is 13.6. The number of benzene rings is 2. The zero-order valence-electron chi connectivity index (χ0n) is 22.3. The van der Waals surface area contributed by atoms with Gasteiger partial charge in [-0.2, -0.15) is 4.41 Å². The van der Waals surface area contributed by atoms with Crippen molar-refractivity contribution in [1.29, 1.82) is 0 Å². The van der Waals surface area contributed by atoms with Gasteiger partial charge in [0.2, 0.25) is 10.0 Å². The Bertz CT molecular complexity index is 1490. The molecule has 1 fully saturated rings. The Morgan fingerprint density at radius 3 is 2.29 bits per heavy atom. The van der Waals surface area contributed by atoms with Gasteiger partial charge in [0, 0.05) is 30.6 Å². The number of fused-ring (bicyclic) bond motifs is 1. The largest absolute Gasteiger partial charge is 0.455 e. The van der Waals surface area contributed by atoms with E-state index in [-0.39, 0.29) is 35.1 Å². The van der Waals surface area contributed by atoms with Crippen LogP contribution in [0.2, 0.25) is 0 Å². The second-order valence-corrected chi connectivity index (χ2v) is 12.1. The Labute approximate surface area is 221 Å². The van der Waals surface area contributed by atoms with Crippen LogP contribution in [0.15, 0.2) is 40.8 Å². The van der Waals surface area contributed by atoms with Crippen molar-refractivity contribution in [3.63, 3.8) is 0 Å². The fraction of sp³-hybridized carbons (Fsp3) is 0.407. The summed E-state index contributed by atoms with van der Waals surface area (Å²) in [6, 6.07) is 8.84. The summed E-state index contributed by atoms with van der Waals surface area (Å²) < 4.78 is 52.5. The van der Waals surface area contributed by atoms with Crippen LogP contribution in [0.4, 0.5) is 14.9 Å². The number of carbonyl (C=O) groups excluding carboxylic acids is 2. The average molecular weight is 546 g/mol. The summed E-state index contributed by atoms with van der Waals surface area (Å²) in [5, 5.41) is 4.15. The monoisotopic (exact) mass is 545 g/mol. The highest BCUT2D eigenvalue weighted by molar-refractivity contribution is 7.92. The molecule has 1 saturated carbocycles. The predicted octanol–water partition coefficient (Wildman–Crippen LogP) is 5.41. The molecule has 1 N–H and O–H groups in total. The minimum absolute atomic E-state index is 0.0204. The van der Waals surface area contributed by atoms with Gasteiger partial charge in [-0.1, -0.05) is 0 Å². The van der Waals surface area contributed by atoms with Crippen LogP contribution in [0.5, 0.6) is 0 Å². The van der Waals surface area contributed by atoms with Crippen molar-refractivity contribution in [1.82, 2.24) is 10.3 Å². The molecule has 0 atom stereocenters. The molecule has 1 heterocycles. The van der Waals surface area contributed by atoms with Crippen LogP contribution in [0.25, 0.3) is 22.3 Å². The van der Waals surface area contributed by atoms with Gasteiger partial charge in [-0.15, -0.1) is 0 Å². The summed E-state index contributed by atoms with van der Waals surface area (Å²) in [4.78, 5) is 26.1. The molecular formula is C27H32FN3O6S. The normalized spacial score (nSPS) is 13.9. The SMILES string of the molecule is CCN(C(=O)OC(C)(C)C)N(c1cc2oc(-c3ccc(F)cc3)c(C(=O)NC)c2cc1C1CC1)S(C)(=O)=O. The first-order valence-corrected chi connectivity index (χ1v) is 14.2. The first-order valence-electron chi connectivity index (χ1n) is 12.3. The van der Waals surface area contributed by atoms with Crippen molar-refractivity contribution in [3.05, 3.63) is 53.3 Å². The third-order valence-corrected chi connectivity index (χ3v) is 7.08. The number of sulfonamides is 1. The number of hydrazine groups is 1. The van der Waals surface area contributed by atoms with E-state index in [0.717, 1.165) is 28.5 Å². The van der Waals surface area contributed by atoms with Crippen molar-refractivity contribution < 1.29 is 31.6 Å². The van der Waals surface area contributed by atoms with Gasteiger partial charge in [0.1, 0.15) is 22.8 Å². The van der Waals surface area contributed by atoms with Gasteiger partial charge >= 0.3 is 6.09 Å². The van der Waals surface area contributed by atoms with E-state index in [1.807, 2.05) is 0 Å². The molecule has 0 spiro atoms. The molecule has 1 aliphatic rings. The van der Waals surface area contributed by atoms with Crippen LogP contribution >= 0.6 is 0 Å². The minimum atomic E-state index is -4.01. The Kier molecular flexibility index (Phi) is 7.17.